The number of nitrogens with one attached hydrogen (secondary N) is 2. The molecule has 16 heavy (non-hydrogen) atoms. The van der Waals surface area contributed by atoms with Gasteiger partial charge in [-0.05, 0) is 31.0 Å². The van der Waals surface area contributed by atoms with Crippen LogP contribution < -0.4 is 10.6 Å². The molecule has 0 aliphatic carbocycles. The molecule has 0 bridgehead atoms. The molecule has 0 saturated carbocycles. The molecule has 1 aromatic heterocycles. The standard InChI is InChI=1S/C12H17N3O/c1-8-5-14-7-10(8)12(16)15-11-3-4-13-6-9(11)2/h3-4,6,8,10,14H,5,7H2,1-2H3,(H,13,15,16)/t8-,10-/m1/s1. The van der Waals surface area contributed by atoms with Crippen molar-refractivity contribution in [3.05, 3.63) is 24.0 Å². The van der Waals surface area contributed by atoms with Crippen LogP contribution >= 0.6 is 0 Å². The van der Waals surface area contributed by atoms with Crippen LogP contribution in [0.25, 0.3) is 0 Å². The predicted molar refractivity (Wildman–Crippen MR) is 63.1 cm³/mol. The number of amides is 1. The lowest BCUT2D eigenvalue weighted by Crippen LogP contribution is -2.28. The summed E-state index contributed by atoms with van der Waals surface area (Å²) in [4.78, 5) is 16.0. The van der Waals surface area contributed by atoms with Gasteiger partial charge < -0.3 is 10.6 Å². The third-order valence-corrected chi connectivity index (χ3v) is 3.13. The highest BCUT2D eigenvalue weighted by Gasteiger charge is 2.29. The molecule has 2 atom stereocenters. The average molecular weight is 219 g/mol. The number of aromatic nitrogens is 1. The Morgan fingerprint density at radius 1 is 1.56 bits per heavy atom. The zero-order valence-electron chi connectivity index (χ0n) is 9.66. The van der Waals surface area contributed by atoms with Gasteiger partial charge in [0, 0.05) is 24.6 Å². The van der Waals surface area contributed by atoms with E-state index in [0.717, 1.165) is 24.3 Å². The summed E-state index contributed by atoms with van der Waals surface area (Å²) in [6.45, 7) is 5.74. The normalized spacial score (nSPS) is 24.4. The Morgan fingerprint density at radius 2 is 2.38 bits per heavy atom. The molecule has 86 valence electrons. The van der Waals surface area contributed by atoms with E-state index < -0.39 is 0 Å². The van der Waals surface area contributed by atoms with Gasteiger partial charge in [-0.25, -0.2) is 0 Å². The largest absolute Gasteiger partial charge is 0.325 e. The number of hydrogen-bond donors (Lipinski definition) is 2. The van der Waals surface area contributed by atoms with E-state index in [0.29, 0.717) is 5.92 Å². The van der Waals surface area contributed by atoms with Crippen LogP contribution in [0.4, 0.5) is 5.69 Å². The van der Waals surface area contributed by atoms with Crippen molar-refractivity contribution in [2.75, 3.05) is 18.4 Å². The van der Waals surface area contributed by atoms with Gasteiger partial charge in [-0.3, -0.25) is 9.78 Å². The van der Waals surface area contributed by atoms with Crippen LogP contribution in [0.15, 0.2) is 18.5 Å². The molecular weight excluding hydrogens is 202 g/mol. The van der Waals surface area contributed by atoms with Gasteiger partial charge in [0.1, 0.15) is 0 Å². The smallest absolute Gasteiger partial charge is 0.229 e. The Hall–Kier alpha value is -1.42. The summed E-state index contributed by atoms with van der Waals surface area (Å²) in [6, 6.07) is 1.83. The Kier molecular flexibility index (Phi) is 3.19. The lowest BCUT2D eigenvalue weighted by Gasteiger charge is -2.15. The van der Waals surface area contributed by atoms with Crippen LogP contribution in [-0.4, -0.2) is 24.0 Å². The summed E-state index contributed by atoms with van der Waals surface area (Å²) in [5.41, 5.74) is 1.86. The molecule has 0 radical (unpaired) electrons. The number of pyridine rings is 1. The van der Waals surface area contributed by atoms with Gasteiger partial charge in [-0.15, -0.1) is 0 Å². The van der Waals surface area contributed by atoms with Crippen LogP contribution in [0.5, 0.6) is 0 Å². The Labute approximate surface area is 95.5 Å². The van der Waals surface area contributed by atoms with E-state index >= 15 is 0 Å². The molecule has 0 spiro atoms. The second-order valence-corrected chi connectivity index (χ2v) is 4.42. The second kappa shape index (κ2) is 4.61. The highest BCUT2D eigenvalue weighted by Crippen LogP contribution is 2.19. The van der Waals surface area contributed by atoms with Crippen molar-refractivity contribution in [2.24, 2.45) is 11.8 Å². The number of aryl methyl sites for hydroxylation is 1. The number of nitrogens with zero attached hydrogens (tertiary/aromatic N) is 1. The van der Waals surface area contributed by atoms with Crippen LogP contribution in [0.1, 0.15) is 12.5 Å². The molecule has 2 heterocycles. The molecule has 2 N–H and O–H groups in total. The molecule has 2 rings (SSSR count). The molecule has 0 aromatic carbocycles. The van der Waals surface area contributed by atoms with E-state index in [1.54, 1.807) is 12.4 Å². The third-order valence-electron chi connectivity index (χ3n) is 3.13. The fourth-order valence-corrected chi connectivity index (χ4v) is 2.00. The summed E-state index contributed by atoms with van der Waals surface area (Å²) in [6.07, 6.45) is 3.45. The SMILES string of the molecule is Cc1cnccc1NC(=O)[C@@H]1CNC[C@H]1C. The quantitative estimate of drug-likeness (QED) is 0.785. The van der Waals surface area contributed by atoms with Crippen molar-refractivity contribution in [1.82, 2.24) is 10.3 Å². The Bertz CT molecular complexity index is 392. The maximum atomic E-state index is 12.0. The summed E-state index contributed by atoms with van der Waals surface area (Å²) in [5.74, 6) is 0.585. The van der Waals surface area contributed by atoms with Crippen molar-refractivity contribution in [1.29, 1.82) is 0 Å². The van der Waals surface area contributed by atoms with Crippen molar-refractivity contribution in [3.63, 3.8) is 0 Å². The Balaban J connectivity index is 2.05. The summed E-state index contributed by atoms with van der Waals surface area (Å²) >= 11 is 0. The first-order valence-electron chi connectivity index (χ1n) is 5.60. The highest BCUT2D eigenvalue weighted by molar-refractivity contribution is 5.93. The molecule has 1 aliphatic rings. The monoisotopic (exact) mass is 219 g/mol. The van der Waals surface area contributed by atoms with Crippen LogP contribution in [-0.2, 0) is 4.79 Å². The molecular formula is C12H17N3O. The van der Waals surface area contributed by atoms with Gasteiger partial charge in [-0.2, -0.15) is 0 Å². The molecule has 4 nitrogen and oxygen atoms in total. The summed E-state index contributed by atoms with van der Waals surface area (Å²) in [5, 5.41) is 6.19. The summed E-state index contributed by atoms with van der Waals surface area (Å²) in [7, 11) is 0. The van der Waals surface area contributed by atoms with Gasteiger partial charge in [0.2, 0.25) is 5.91 Å². The van der Waals surface area contributed by atoms with E-state index in [1.165, 1.54) is 0 Å². The van der Waals surface area contributed by atoms with Gasteiger partial charge in [-0.1, -0.05) is 6.92 Å². The van der Waals surface area contributed by atoms with Gasteiger partial charge in [0.15, 0.2) is 0 Å². The topological polar surface area (TPSA) is 54.0 Å². The fraction of sp³-hybridized carbons (Fsp3) is 0.500. The molecule has 1 fully saturated rings. The molecule has 4 heteroatoms. The van der Waals surface area contributed by atoms with Crippen LogP contribution in [0, 0.1) is 18.8 Å². The number of carbonyl (C=O) groups is 1. The molecule has 1 amide bonds. The van der Waals surface area contributed by atoms with Crippen molar-refractivity contribution in [2.45, 2.75) is 13.8 Å². The summed E-state index contributed by atoms with van der Waals surface area (Å²) < 4.78 is 0. The minimum Gasteiger partial charge on any atom is -0.325 e. The van der Waals surface area contributed by atoms with Crippen molar-refractivity contribution >= 4 is 11.6 Å². The van der Waals surface area contributed by atoms with E-state index in [4.69, 9.17) is 0 Å². The van der Waals surface area contributed by atoms with Crippen molar-refractivity contribution in [3.8, 4) is 0 Å². The average Bonchev–Trinajstić information content (AvgIpc) is 2.68. The first-order valence-corrected chi connectivity index (χ1v) is 5.60. The lowest BCUT2D eigenvalue weighted by atomic mass is 9.97. The minimum absolute atomic E-state index is 0.0764. The molecule has 1 saturated heterocycles. The molecule has 1 aliphatic heterocycles. The zero-order chi connectivity index (χ0) is 11.5. The fourth-order valence-electron chi connectivity index (χ4n) is 2.00. The molecule has 0 unspecified atom stereocenters. The number of carbonyl (C=O) groups excluding carboxylic acids is 1. The number of hydrogen-bond acceptors (Lipinski definition) is 3. The lowest BCUT2D eigenvalue weighted by molar-refractivity contribution is -0.120. The van der Waals surface area contributed by atoms with Gasteiger partial charge >= 0.3 is 0 Å². The third kappa shape index (κ3) is 2.22. The van der Waals surface area contributed by atoms with E-state index in [1.807, 2.05) is 13.0 Å². The van der Waals surface area contributed by atoms with Crippen LogP contribution in [0.2, 0.25) is 0 Å². The maximum Gasteiger partial charge on any atom is 0.229 e. The minimum atomic E-state index is 0.0764. The number of rotatable bonds is 2. The second-order valence-electron chi connectivity index (χ2n) is 4.42. The van der Waals surface area contributed by atoms with Gasteiger partial charge in [0.05, 0.1) is 5.92 Å². The highest BCUT2D eigenvalue weighted by atomic mass is 16.1. The zero-order valence-corrected chi connectivity index (χ0v) is 9.66. The first-order chi connectivity index (χ1) is 7.68. The Morgan fingerprint density at radius 3 is 3.00 bits per heavy atom. The van der Waals surface area contributed by atoms with Crippen LogP contribution in [0.3, 0.4) is 0 Å². The molecule has 1 aromatic rings. The predicted octanol–water partition coefficient (Wildman–Crippen LogP) is 1.18. The van der Waals surface area contributed by atoms with E-state index in [9.17, 15) is 4.79 Å². The van der Waals surface area contributed by atoms with E-state index in [2.05, 4.69) is 22.5 Å². The number of anilines is 1. The first kappa shape index (κ1) is 11.1. The van der Waals surface area contributed by atoms with E-state index in [-0.39, 0.29) is 11.8 Å². The van der Waals surface area contributed by atoms with Crippen molar-refractivity contribution < 1.29 is 4.79 Å². The maximum absolute atomic E-state index is 12.0. The van der Waals surface area contributed by atoms with Gasteiger partial charge in [0.25, 0.3) is 0 Å².